The monoisotopic (exact) mass is 317 g/mol. The summed E-state index contributed by atoms with van der Waals surface area (Å²) in [5, 5.41) is 0.521. The Bertz CT molecular complexity index is 634. The van der Waals surface area contributed by atoms with Gasteiger partial charge in [0, 0.05) is 44.1 Å². The van der Waals surface area contributed by atoms with Crippen molar-refractivity contribution in [1.29, 1.82) is 0 Å². The fraction of sp³-hybridized carbons (Fsp3) is 0.333. The normalized spacial score (nSPS) is 15.5. The molecule has 0 aliphatic carbocycles. The molecule has 22 heavy (non-hydrogen) atoms. The molecule has 0 radical (unpaired) electrons. The molecule has 1 fully saturated rings. The van der Waals surface area contributed by atoms with Gasteiger partial charge in [0.25, 0.3) is 5.91 Å². The van der Waals surface area contributed by atoms with Gasteiger partial charge in [0.05, 0.1) is 17.4 Å². The molecule has 0 unspecified atom stereocenters. The zero-order valence-corrected chi connectivity index (χ0v) is 12.8. The van der Waals surface area contributed by atoms with Crippen LogP contribution in [-0.4, -0.2) is 51.9 Å². The average Bonchev–Trinajstić information content (AvgIpc) is 2.82. The van der Waals surface area contributed by atoms with Crippen molar-refractivity contribution in [2.24, 2.45) is 0 Å². The van der Waals surface area contributed by atoms with Gasteiger partial charge in [-0.25, -0.2) is 9.97 Å². The van der Waals surface area contributed by atoms with E-state index in [1.165, 1.54) is 0 Å². The van der Waals surface area contributed by atoms with Gasteiger partial charge in [0.1, 0.15) is 0 Å². The zero-order chi connectivity index (χ0) is 15.4. The molecule has 1 saturated heterocycles. The summed E-state index contributed by atoms with van der Waals surface area (Å²) in [4.78, 5) is 28.8. The summed E-state index contributed by atoms with van der Waals surface area (Å²) in [6.45, 7) is 2.90. The van der Waals surface area contributed by atoms with E-state index in [1.807, 2.05) is 4.90 Å². The van der Waals surface area contributed by atoms with Crippen molar-refractivity contribution in [3.63, 3.8) is 0 Å². The van der Waals surface area contributed by atoms with Crippen LogP contribution in [0.1, 0.15) is 16.8 Å². The first-order valence-corrected chi connectivity index (χ1v) is 7.53. The molecule has 3 heterocycles. The third kappa shape index (κ3) is 3.33. The molecule has 2 aromatic heterocycles. The zero-order valence-electron chi connectivity index (χ0n) is 12.0. The molecule has 0 atom stereocenters. The van der Waals surface area contributed by atoms with Gasteiger partial charge in [-0.15, -0.1) is 0 Å². The number of anilines is 1. The molecule has 7 heteroatoms. The van der Waals surface area contributed by atoms with Crippen LogP contribution in [0.4, 0.5) is 5.95 Å². The highest BCUT2D eigenvalue weighted by Gasteiger charge is 2.21. The second-order valence-corrected chi connectivity index (χ2v) is 5.51. The van der Waals surface area contributed by atoms with Crippen LogP contribution in [0, 0.1) is 0 Å². The Morgan fingerprint density at radius 2 is 1.77 bits per heavy atom. The maximum absolute atomic E-state index is 12.5. The number of pyridine rings is 1. The summed E-state index contributed by atoms with van der Waals surface area (Å²) < 4.78 is 0. The van der Waals surface area contributed by atoms with Crippen molar-refractivity contribution in [3.8, 4) is 0 Å². The largest absolute Gasteiger partial charge is 0.339 e. The van der Waals surface area contributed by atoms with E-state index in [0.717, 1.165) is 19.5 Å². The van der Waals surface area contributed by atoms with E-state index in [4.69, 9.17) is 11.6 Å². The van der Waals surface area contributed by atoms with E-state index in [2.05, 4.69) is 19.9 Å². The Kier molecular flexibility index (Phi) is 4.48. The van der Waals surface area contributed by atoms with E-state index in [0.29, 0.717) is 29.6 Å². The molecule has 0 aromatic carbocycles. The molecule has 1 aliphatic heterocycles. The van der Waals surface area contributed by atoms with Crippen molar-refractivity contribution in [2.75, 3.05) is 31.1 Å². The second-order valence-electron chi connectivity index (χ2n) is 5.07. The first-order valence-electron chi connectivity index (χ1n) is 7.16. The topological polar surface area (TPSA) is 62.2 Å². The van der Waals surface area contributed by atoms with Gasteiger partial charge in [-0.3, -0.25) is 9.78 Å². The van der Waals surface area contributed by atoms with Gasteiger partial charge in [0.15, 0.2) is 0 Å². The van der Waals surface area contributed by atoms with Gasteiger partial charge in [-0.2, -0.15) is 0 Å². The van der Waals surface area contributed by atoms with Crippen LogP contribution < -0.4 is 4.90 Å². The molecule has 0 spiro atoms. The van der Waals surface area contributed by atoms with E-state index < -0.39 is 0 Å². The van der Waals surface area contributed by atoms with Crippen LogP contribution in [0.2, 0.25) is 5.02 Å². The van der Waals surface area contributed by atoms with Crippen molar-refractivity contribution < 1.29 is 4.79 Å². The maximum Gasteiger partial charge on any atom is 0.254 e. The van der Waals surface area contributed by atoms with Crippen LogP contribution in [-0.2, 0) is 0 Å². The second kappa shape index (κ2) is 6.70. The Balaban J connectivity index is 1.67. The standard InChI is InChI=1S/C15H16ClN5O/c16-13-10-18-15(19-11-13)21-7-1-6-20(8-9-21)14(22)12-2-4-17-5-3-12/h2-5,10-11H,1,6-9H2. The quantitative estimate of drug-likeness (QED) is 0.846. The number of carbonyl (C=O) groups is 1. The fourth-order valence-electron chi connectivity index (χ4n) is 2.47. The summed E-state index contributed by atoms with van der Waals surface area (Å²) in [5.74, 6) is 0.698. The number of nitrogens with zero attached hydrogens (tertiary/aromatic N) is 5. The van der Waals surface area contributed by atoms with Gasteiger partial charge < -0.3 is 9.80 Å². The highest BCUT2D eigenvalue weighted by Crippen LogP contribution is 2.14. The van der Waals surface area contributed by atoms with Crippen molar-refractivity contribution >= 4 is 23.5 Å². The Morgan fingerprint density at radius 1 is 1.05 bits per heavy atom. The van der Waals surface area contributed by atoms with E-state index in [1.54, 1.807) is 36.9 Å². The SMILES string of the molecule is O=C(c1ccncc1)N1CCCN(c2ncc(Cl)cn2)CC1. The van der Waals surface area contributed by atoms with Gasteiger partial charge in [-0.1, -0.05) is 11.6 Å². The lowest BCUT2D eigenvalue weighted by atomic mass is 10.2. The molecule has 114 valence electrons. The van der Waals surface area contributed by atoms with Crippen molar-refractivity contribution in [2.45, 2.75) is 6.42 Å². The minimum absolute atomic E-state index is 0.0428. The molecule has 0 bridgehead atoms. The summed E-state index contributed by atoms with van der Waals surface area (Å²) in [5.41, 5.74) is 0.672. The third-order valence-electron chi connectivity index (χ3n) is 3.60. The predicted molar refractivity (Wildman–Crippen MR) is 84.0 cm³/mol. The van der Waals surface area contributed by atoms with Gasteiger partial charge >= 0.3 is 0 Å². The summed E-state index contributed by atoms with van der Waals surface area (Å²) >= 11 is 5.81. The molecule has 1 amide bonds. The number of aromatic nitrogens is 3. The van der Waals surface area contributed by atoms with E-state index in [9.17, 15) is 4.79 Å². The smallest absolute Gasteiger partial charge is 0.254 e. The molecule has 1 aliphatic rings. The first-order chi connectivity index (χ1) is 10.7. The number of hydrogen-bond acceptors (Lipinski definition) is 5. The molecule has 0 saturated carbocycles. The Morgan fingerprint density at radius 3 is 2.50 bits per heavy atom. The summed E-state index contributed by atoms with van der Waals surface area (Å²) in [7, 11) is 0. The van der Waals surface area contributed by atoms with Crippen LogP contribution in [0.25, 0.3) is 0 Å². The molecule has 0 N–H and O–H groups in total. The number of amides is 1. The van der Waals surface area contributed by atoms with Crippen LogP contribution in [0.15, 0.2) is 36.9 Å². The Labute approximate surface area is 133 Å². The van der Waals surface area contributed by atoms with Gasteiger partial charge in [0.2, 0.25) is 5.95 Å². The Hall–Kier alpha value is -2.21. The maximum atomic E-state index is 12.5. The number of carbonyl (C=O) groups excluding carboxylic acids is 1. The molecule has 3 rings (SSSR count). The first kappa shape index (κ1) is 14.7. The highest BCUT2D eigenvalue weighted by atomic mass is 35.5. The van der Waals surface area contributed by atoms with Gasteiger partial charge in [-0.05, 0) is 18.6 Å². The van der Waals surface area contributed by atoms with E-state index >= 15 is 0 Å². The predicted octanol–water partition coefficient (Wildman–Crippen LogP) is 1.88. The molecule has 2 aromatic rings. The van der Waals surface area contributed by atoms with Crippen molar-refractivity contribution in [1.82, 2.24) is 19.9 Å². The number of rotatable bonds is 2. The number of hydrogen-bond donors (Lipinski definition) is 0. The average molecular weight is 318 g/mol. The minimum Gasteiger partial charge on any atom is -0.339 e. The minimum atomic E-state index is 0.0428. The van der Waals surface area contributed by atoms with Crippen LogP contribution in [0.5, 0.6) is 0 Å². The summed E-state index contributed by atoms with van der Waals surface area (Å²) in [6, 6.07) is 3.49. The van der Waals surface area contributed by atoms with E-state index in [-0.39, 0.29) is 5.91 Å². The lowest BCUT2D eigenvalue weighted by Crippen LogP contribution is -2.35. The van der Waals surface area contributed by atoms with Crippen LogP contribution >= 0.6 is 11.6 Å². The molecule has 6 nitrogen and oxygen atoms in total. The lowest BCUT2D eigenvalue weighted by Gasteiger charge is -2.22. The molecular weight excluding hydrogens is 302 g/mol. The number of halogens is 1. The van der Waals surface area contributed by atoms with Crippen LogP contribution in [0.3, 0.4) is 0 Å². The van der Waals surface area contributed by atoms with Crippen molar-refractivity contribution in [3.05, 3.63) is 47.5 Å². The fourth-order valence-corrected chi connectivity index (χ4v) is 2.56. The summed E-state index contributed by atoms with van der Waals surface area (Å²) in [6.07, 6.45) is 7.34. The lowest BCUT2D eigenvalue weighted by molar-refractivity contribution is 0.0767. The molecular formula is C15H16ClN5O. The highest BCUT2D eigenvalue weighted by molar-refractivity contribution is 6.30. The third-order valence-corrected chi connectivity index (χ3v) is 3.80.